The van der Waals surface area contributed by atoms with Crippen molar-refractivity contribution < 1.29 is 0 Å². The van der Waals surface area contributed by atoms with Crippen molar-refractivity contribution in [3.63, 3.8) is 0 Å². The van der Waals surface area contributed by atoms with E-state index in [9.17, 15) is 0 Å². The first kappa shape index (κ1) is 32.9. The van der Waals surface area contributed by atoms with E-state index in [4.69, 9.17) is 0 Å². The summed E-state index contributed by atoms with van der Waals surface area (Å²) in [6.07, 6.45) is 28.8. The molecule has 0 nitrogen and oxygen atoms in total. The highest BCUT2D eigenvalue weighted by Crippen LogP contribution is 2.58. The maximum Gasteiger partial charge on any atom is -0.0321 e. The lowest BCUT2D eigenvalue weighted by Gasteiger charge is -2.52. The zero-order chi connectivity index (χ0) is 28.9. The predicted octanol–water partition coefficient (Wildman–Crippen LogP) is 13.0. The maximum atomic E-state index is 2.63. The fourth-order valence-electron chi connectivity index (χ4n) is 11.6. The first-order valence-electron chi connectivity index (χ1n) is 19.2. The molecule has 12 unspecified atom stereocenters. The van der Waals surface area contributed by atoms with Gasteiger partial charge in [0.15, 0.2) is 0 Å². The standard InChI is InChI=1S/C24H44.C16H30/c1-5-8-11-21-17(4)15-20-10-9-12-22(20)24(21)23-16-18(6-2)13-14-19(23)7-3;1-12-8-9-14(10-12)13-6-5-7-15(11-13)16(2,3)4/h17-24H,5-16H2,1-4H3;12-15H,5-11H2,1-4H3. The molecule has 5 aliphatic carbocycles. The molecule has 5 rings (SSSR count). The summed E-state index contributed by atoms with van der Waals surface area (Å²) < 4.78 is 0. The van der Waals surface area contributed by atoms with Crippen molar-refractivity contribution in [3.05, 3.63) is 0 Å². The number of hydrogen-bond acceptors (Lipinski definition) is 0. The third-order valence-corrected chi connectivity index (χ3v) is 14.1. The van der Waals surface area contributed by atoms with Crippen LogP contribution in [-0.4, -0.2) is 0 Å². The second-order valence-electron chi connectivity index (χ2n) is 17.5. The quantitative estimate of drug-likeness (QED) is 0.293. The fraction of sp³-hybridized carbons (Fsp3) is 1.00. The van der Waals surface area contributed by atoms with Gasteiger partial charge in [-0.15, -0.1) is 0 Å². The summed E-state index contributed by atoms with van der Waals surface area (Å²) >= 11 is 0. The summed E-state index contributed by atoms with van der Waals surface area (Å²) in [5.74, 6) is 12.7. The van der Waals surface area contributed by atoms with Crippen LogP contribution < -0.4 is 0 Å². The smallest absolute Gasteiger partial charge is 0.0321 e. The highest BCUT2D eigenvalue weighted by molar-refractivity contribution is 4.99. The van der Waals surface area contributed by atoms with E-state index >= 15 is 0 Å². The molecule has 0 bridgehead atoms. The molecule has 5 fully saturated rings. The second-order valence-corrected chi connectivity index (χ2v) is 17.5. The van der Waals surface area contributed by atoms with Gasteiger partial charge in [0.05, 0.1) is 0 Å². The molecule has 234 valence electrons. The molecule has 0 aromatic rings. The molecule has 0 N–H and O–H groups in total. The minimum atomic E-state index is 0.545. The molecule has 40 heavy (non-hydrogen) atoms. The van der Waals surface area contributed by atoms with E-state index in [0.717, 1.165) is 71.0 Å². The van der Waals surface area contributed by atoms with E-state index in [0.29, 0.717) is 5.41 Å². The summed E-state index contributed by atoms with van der Waals surface area (Å²) in [6.45, 7) is 19.7. The van der Waals surface area contributed by atoms with Gasteiger partial charge in [-0.25, -0.2) is 0 Å². The van der Waals surface area contributed by atoms with Gasteiger partial charge < -0.3 is 0 Å². The van der Waals surface area contributed by atoms with Crippen LogP contribution in [0.2, 0.25) is 0 Å². The lowest BCUT2D eigenvalue weighted by molar-refractivity contribution is -0.0297. The van der Waals surface area contributed by atoms with Crippen LogP contribution in [0.25, 0.3) is 0 Å². The number of fused-ring (bicyclic) bond motifs is 1. The third-order valence-electron chi connectivity index (χ3n) is 14.1. The Kier molecular flexibility index (Phi) is 12.4. The molecule has 5 aliphatic rings. The van der Waals surface area contributed by atoms with Gasteiger partial charge in [-0.2, -0.15) is 0 Å². The highest BCUT2D eigenvalue weighted by Gasteiger charge is 2.49. The molecular weight excluding hydrogens is 480 g/mol. The van der Waals surface area contributed by atoms with Crippen molar-refractivity contribution in [3.8, 4) is 0 Å². The van der Waals surface area contributed by atoms with Crippen LogP contribution in [0.15, 0.2) is 0 Å². The van der Waals surface area contributed by atoms with Gasteiger partial charge in [0.2, 0.25) is 0 Å². The van der Waals surface area contributed by atoms with Gasteiger partial charge in [0.1, 0.15) is 0 Å². The van der Waals surface area contributed by atoms with Crippen molar-refractivity contribution in [2.75, 3.05) is 0 Å². The second kappa shape index (κ2) is 15.1. The Bertz CT molecular complexity index is 714. The van der Waals surface area contributed by atoms with Crippen LogP contribution in [0.4, 0.5) is 0 Å². The third kappa shape index (κ3) is 8.13. The van der Waals surface area contributed by atoms with Crippen molar-refractivity contribution in [1.29, 1.82) is 0 Å². The van der Waals surface area contributed by atoms with Gasteiger partial charge >= 0.3 is 0 Å². The van der Waals surface area contributed by atoms with Crippen LogP contribution in [0.1, 0.15) is 177 Å². The van der Waals surface area contributed by atoms with Crippen LogP contribution >= 0.6 is 0 Å². The largest absolute Gasteiger partial charge is 0.0654 e. The van der Waals surface area contributed by atoms with Crippen molar-refractivity contribution in [1.82, 2.24) is 0 Å². The van der Waals surface area contributed by atoms with Gasteiger partial charge in [0, 0.05) is 0 Å². The first-order chi connectivity index (χ1) is 19.2. The Labute approximate surface area is 253 Å². The predicted molar refractivity (Wildman–Crippen MR) is 177 cm³/mol. The van der Waals surface area contributed by atoms with Gasteiger partial charge in [-0.1, -0.05) is 120 Å². The Morgan fingerprint density at radius 1 is 0.625 bits per heavy atom. The average molecular weight is 555 g/mol. The first-order valence-corrected chi connectivity index (χ1v) is 19.2. The van der Waals surface area contributed by atoms with Crippen molar-refractivity contribution in [2.24, 2.45) is 76.4 Å². The molecule has 12 atom stereocenters. The van der Waals surface area contributed by atoms with Crippen LogP contribution in [0, 0.1) is 76.4 Å². The summed E-state index contributed by atoms with van der Waals surface area (Å²) in [6, 6.07) is 0. The van der Waals surface area contributed by atoms with Gasteiger partial charge in [0.25, 0.3) is 0 Å². The maximum absolute atomic E-state index is 2.63. The fourth-order valence-corrected chi connectivity index (χ4v) is 11.6. The minimum Gasteiger partial charge on any atom is -0.0654 e. The Hall–Kier alpha value is 0. The molecule has 0 amide bonds. The number of hydrogen-bond donors (Lipinski definition) is 0. The molecule has 0 aromatic heterocycles. The summed E-state index contributed by atoms with van der Waals surface area (Å²) in [5, 5.41) is 0. The number of unbranched alkanes of at least 4 members (excludes halogenated alkanes) is 1. The molecule has 0 heterocycles. The molecule has 0 heteroatoms. The molecule has 0 saturated heterocycles. The Balaban J connectivity index is 0.000000201. The van der Waals surface area contributed by atoms with Crippen LogP contribution in [0.3, 0.4) is 0 Å². The van der Waals surface area contributed by atoms with Crippen LogP contribution in [-0.2, 0) is 0 Å². The van der Waals surface area contributed by atoms with E-state index in [-0.39, 0.29) is 0 Å². The van der Waals surface area contributed by atoms with Gasteiger partial charge in [-0.05, 0) is 134 Å². The normalized spacial score (nSPS) is 44.1. The lowest BCUT2D eigenvalue weighted by Crippen LogP contribution is -2.45. The van der Waals surface area contributed by atoms with E-state index in [1.807, 2.05) is 0 Å². The summed E-state index contributed by atoms with van der Waals surface area (Å²) in [4.78, 5) is 0. The topological polar surface area (TPSA) is 0 Å². The Morgan fingerprint density at radius 2 is 1.35 bits per heavy atom. The molecule has 5 saturated carbocycles. The SMILES string of the molecule is CC1CCC(C2CCCC(C(C)(C)C)C2)C1.CCCCC1C(C)CC2CCCC2C1C1CC(CC)CCC1CC. The van der Waals surface area contributed by atoms with Crippen molar-refractivity contribution >= 4 is 0 Å². The van der Waals surface area contributed by atoms with E-state index in [1.54, 1.807) is 38.5 Å². The molecule has 0 radical (unpaired) electrons. The van der Waals surface area contributed by atoms with Gasteiger partial charge in [-0.3, -0.25) is 0 Å². The minimum absolute atomic E-state index is 0.545. The monoisotopic (exact) mass is 555 g/mol. The summed E-state index contributed by atoms with van der Waals surface area (Å²) in [5.41, 5.74) is 0.545. The highest BCUT2D eigenvalue weighted by atomic mass is 14.5. The number of rotatable bonds is 7. The molecule has 0 aliphatic heterocycles. The molecule has 0 aromatic carbocycles. The summed E-state index contributed by atoms with van der Waals surface area (Å²) in [7, 11) is 0. The Morgan fingerprint density at radius 3 is 2.00 bits per heavy atom. The van der Waals surface area contributed by atoms with Crippen LogP contribution in [0.5, 0.6) is 0 Å². The zero-order valence-corrected chi connectivity index (χ0v) is 28.9. The molecular formula is C40H74. The van der Waals surface area contributed by atoms with Crippen molar-refractivity contribution in [2.45, 2.75) is 177 Å². The molecule has 0 spiro atoms. The van der Waals surface area contributed by atoms with E-state index in [1.165, 1.54) is 83.5 Å². The van der Waals surface area contributed by atoms with E-state index in [2.05, 4.69) is 55.4 Å². The average Bonchev–Trinajstić information content (AvgIpc) is 3.60. The van der Waals surface area contributed by atoms with E-state index < -0.39 is 0 Å². The lowest BCUT2D eigenvalue weighted by atomic mass is 9.53. The zero-order valence-electron chi connectivity index (χ0n) is 28.9.